The molecule has 1 saturated heterocycles. The molecule has 8 nitrogen and oxygen atoms in total. The summed E-state index contributed by atoms with van der Waals surface area (Å²) in [6.45, 7) is 1.87. The minimum absolute atomic E-state index is 0.292. The van der Waals surface area contributed by atoms with Crippen molar-refractivity contribution in [2.45, 2.75) is 6.92 Å². The normalized spacial score (nSPS) is 17.0. The third kappa shape index (κ3) is 3.78. The molecule has 0 aromatic heterocycles. The monoisotopic (exact) mass is 382 g/mol. The highest BCUT2D eigenvalue weighted by Gasteiger charge is 2.41. The number of hydrazone groups is 1. The molecule has 5 amide bonds. The minimum Gasteiger partial charge on any atom is -0.276 e. The Morgan fingerprint density at radius 2 is 1.82 bits per heavy atom. The van der Waals surface area contributed by atoms with Gasteiger partial charge in [0.15, 0.2) is 5.92 Å². The average molecular weight is 382 g/mol. The first-order valence-electron chi connectivity index (χ1n) is 8.22. The summed E-state index contributed by atoms with van der Waals surface area (Å²) in [5.74, 6) is -4.75. The first kappa shape index (κ1) is 18.9. The molecule has 0 bridgehead atoms. The van der Waals surface area contributed by atoms with Crippen LogP contribution in [-0.4, -0.2) is 30.0 Å². The van der Waals surface area contributed by atoms with Gasteiger partial charge in [-0.2, -0.15) is 5.10 Å². The molecule has 0 saturated carbocycles. The van der Waals surface area contributed by atoms with Crippen LogP contribution >= 0.6 is 0 Å². The van der Waals surface area contributed by atoms with Crippen LogP contribution in [0.2, 0.25) is 0 Å². The molecule has 2 aromatic rings. The summed E-state index contributed by atoms with van der Waals surface area (Å²) in [7, 11) is 0. The van der Waals surface area contributed by atoms with E-state index >= 15 is 0 Å². The molecule has 2 N–H and O–H groups in total. The summed E-state index contributed by atoms with van der Waals surface area (Å²) in [6, 6.07) is 10.8. The van der Waals surface area contributed by atoms with Crippen molar-refractivity contribution in [1.82, 2.24) is 10.7 Å². The van der Waals surface area contributed by atoms with Gasteiger partial charge in [-0.3, -0.25) is 19.7 Å². The van der Waals surface area contributed by atoms with Crippen LogP contribution in [0.25, 0.3) is 0 Å². The number of nitrogens with zero attached hydrogens (tertiary/aromatic N) is 2. The quantitative estimate of drug-likeness (QED) is 0.477. The number of hydrogen-bond donors (Lipinski definition) is 2. The van der Waals surface area contributed by atoms with Gasteiger partial charge in [0.1, 0.15) is 5.82 Å². The maximum atomic E-state index is 14.0. The van der Waals surface area contributed by atoms with Gasteiger partial charge < -0.3 is 0 Å². The fourth-order valence-corrected chi connectivity index (χ4v) is 2.52. The minimum atomic E-state index is -1.50. The number of barbiturate groups is 1. The summed E-state index contributed by atoms with van der Waals surface area (Å²) >= 11 is 0. The van der Waals surface area contributed by atoms with Gasteiger partial charge in [0.05, 0.1) is 5.69 Å². The Hall–Kier alpha value is -3.88. The largest absolute Gasteiger partial charge is 0.335 e. The Balaban J connectivity index is 1.76. The first-order valence-corrected chi connectivity index (χ1v) is 8.22. The Morgan fingerprint density at radius 1 is 1.14 bits per heavy atom. The van der Waals surface area contributed by atoms with Crippen molar-refractivity contribution in [2.24, 2.45) is 11.0 Å². The number of anilines is 1. The highest BCUT2D eigenvalue weighted by molar-refractivity contribution is 6.32. The number of halogens is 1. The Labute approximate surface area is 159 Å². The molecule has 3 rings (SSSR count). The number of rotatable bonds is 4. The number of para-hydroxylation sites is 1. The number of aryl methyl sites for hydroxylation is 1. The second-order valence-electron chi connectivity index (χ2n) is 5.98. The summed E-state index contributed by atoms with van der Waals surface area (Å²) in [5.41, 5.74) is 3.23. The molecule has 0 aliphatic carbocycles. The molecule has 1 atom stereocenters. The number of nitrogens with one attached hydrogen (secondary N) is 2. The van der Waals surface area contributed by atoms with Crippen LogP contribution in [0.4, 0.5) is 14.9 Å². The summed E-state index contributed by atoms with van der Waals surface area (Å²) < 4.78 is 14.0. The fourth-order valence-electron chi connectivity index (χ4n) is 2.52. The topological polar surface area (TPSA) is 108 Å². The summed E-state index contributed by atoms with van der Waals surface area (Å²) in [4.78, 5) is 49.1. The molecule has 2 aromatic carbocycles. The zero-order chi connectivity index (χ0) is 20.3. The molecule has 28 heavy (non-hydrogen) atoms. The highest BCUT2D eigenvalue weighted by Crippen LogP contribution is 2.23. The molecule has 1 fully saturated rings. The number of amides is 5. The number of carbonyl (C=O) groups is 4. The predicted octanol–water partition coefficient (Wildman–Crippen LogP) is 1.75. The van der Waals surface area contributed by atoms with Gasteiger partial charge in [-0.05, 0) is 31.2 Å². The molecule has 142 valence electrons. The van der Waals surface area contributed by atoms with Crippen molar-refractivity contribution in [3.63, 3.8) is 0 Å². The number of urea groups is 1. The SMILES string of the molecule is Cc1ccc(C(=O)N/N=C\[C@@H]2C(=O)NC(=O)N(c3ccccc3F)C2=O)cc1. The van der Waals surface area contributed by atoms with Crippen LogP contribution in [0.15, 0.2) is 53.6 Å². The van der Waals surface area contributed by atoms with Gasteiger partial charge in [0, 0.05) is 11.8 Å². The van der Waals surface area contributed by atoms with Crippen molar-refractivity contribution in [3.8, 4) is 0 Å². The number of benzene rings is 2. The molecule has 1 aliphatic rings. The van der Waals surface area contributed by atoms with Crippen molar-refractivity contribution in [1.29, 1.82) is 0 Å². The maximum Gasteiger partial charge on any atom is 0.335 e. The van der Waals surface area contributed by atoms with E-state index in [0.717, 1.165) is 17.8 Å². The van der Waals surface area contributed by atoms with Crippen LogP contribution < -0.4 is 15.6 Å². The number of imide groups is 2. The van der Waals surface area contributed by atoms with E-state index in [0.29, 0.717) is 10.5 Å². The molecule has 9 heteroatoms. The Morgan fingerprint density at radius 3 is 2.50 bits per heavy atom. The van der Waals surface area contributed by atoms with E-state index in [1.54, 1.807) is 24.3 Å². The van der Waals surface area contributed by atoms with Gasteiger partial charge in [0.25, 0.3) is 11.8 Å². The van der Waals surface area contributed by atoms with Crippen molar-refractivity contribution >= 4 is 35.7 Å². The molecule has 1 aliphatic heterocycles. The van der Waals surface area contributed by atoms with Crippen LogP contribution in [-0.2, 0) is 9.59 Å². The van der Waals surface area contributed by atoms with E-state index in [2.05, 4.69) is 10.5 Å². The van der Waals surface area contributed by atoms with E-state index in [4.69, 9.17) is 0 Å². The maximum absolute atomic E-state index is 14.0. The summed E-state index contributed by atoms with van der Waals surface area (Å²) in [5, 5.41) is 5.60. The van der Waals surface area contributed by atoms with E-state index < -0.39 is 35.5 Å². The van der Waals surface area contributed by atoms with Gasteiger partial charge in [-0.15, -0.1) is 0 Å². The highest BCUT2D eigenvalue weighted by atomic mass is 19.1. The zero-order valence-corrected chi connectivity index (χ0v) is 14.7. The van der Waals surface area contributed by atoms with Crippen molar-refractivity contribution in [3.05, 3.63) is 65.5 Å². The van der Waals surface area contributed by atoms with E-state index in [9.17, 15) is 23.6 Å². The lowest BCUT2D eigenvalue weighted by Crippen LogP contribution is -2.59. The van der Waals surface area contributed by atoms with Crippen molar-refractivity contribution < 1.29 is 23.6 Å². The van der Waals surface area contributed by atoms with Gasteiger partial charge in [-0.25, -0.2) is 19.5 Å². The van der Waals surface area contributed by atoms with Crippen LogP contribution in [0.3, 0.4) is 0 Å². The van der Waals surface area contributed by atoms with E-state index in [1.807, 2.05) is 12.2 Å². The predicted molar refractivity (Wildman–Crippen MR) is 98.1 cm³/mol. The Kier molecular flexibility index (Phi) is 5.25. The smallest absolute Gasteiger partial charge is 0.276 e. The lowest BCUT2D eigenvalue weighted by Gasteiger charge is -2.28. The molecule has 0 radical (unpaired) electrons. The number of hydrogen-bond acceptors (Lipinski definition) is 5. The molecular formula is C19H15FN4O4. The zero-order valence-electron chi connectivity index (χ0n) is 14.7. The molecular weight excluding hydrogens is 367 g/mol. The van der Waals surface area contributed by atoms with Gasteiger partial charge >= 0.3 is 6.03 Å². The number of carbonyl (C=O) groups excluding carboxylic acids is 4. The molecule has 0 spiro atoms. The van der Waals surface area contributed by atoms with Crippen LogP contribution in [0.5, 0.6) is 0 Å². The van der Waals surface area contributed by atoms with Gasteiger partial charge in [-0.1, -0.05) is 29.8 Å². The fraction of sp³-hybridized carbons (Fsp3) is 0.105. The lowest BCUT2D eigenvalue weighted by molar-refractivity contribution is -0.131. The first-order chi connectivity index (χ1) is 13.4. The average Bonchev–Trinajstić information content (AvgIpc) is 2.66. The van der Waals surface area contributed by atoms with Crippen LogP contribution in [0, 0.1) is 18.7 Å². The van der Waals surface area contributed by atoms with Crippen LogP contribution in [0.1, 0.15) is 15.9 Å². The molecule has 0 unspecified atom stereocenters. The second-order valence-corrected chi connectivity index (χ2v) is 5.98. The van der Waals surface area contributed by atoms with Crippen molar-refractivity contribution in [2.75, 3.05) is 4.90 Å². The summed E-state index contributed by atoms with van der Waals surface area (Å²) in [6.07, 6.45) is 0.893. The second kappa shape index (κ2) is 7.78. The molecule has 1 heterocycles. The van der Waals surface area contributed by atoms with E-state index in [1.165, 1.54) is 18.2 Å². The standard InChI is InChI=1S/C19H15FN4O4/c1-11-6-8-12(9-7-11)16(25)23-21-10-13-17(26)22-19(28)24(18(13)27)15-5-3-2-4-14(15)20/h2-10,13H,1H3,(H,23,25)(H,22,26,28)/b21-10-/t13-/m1/s1. The third-order valence-corrected chi connectivity index (χ3v) is 4.00. The van der Waals surface area contributed by atoms with E-state index in [-0.39, 0.29) is 5.69 Å². The lowest BCUT2D eigenvalue weighted by atomic mass is 10.1. The van der Waals surface area contributed by atoms with Gasteiger partial charge in [0.2, 0.25) is 5.91 Å². The Bertz CT molecular complexity index is 988. The third-order valence-electron chi connectivity index (χ3n) is 4.00.